The first-order valence-corrected chi connectivity index (χ1v) is 19.0. The molecule has 1 aliphatic carbocycles. The number of Topliss-reactive ketones (excluding diaryl/α,β-unsaturated/α-hetero) is 1. The molecule has 0 bridgehead atoms. The predicted molar refractivity (Wildman–Crippen MR) is 149 cm³/mol. The fraction of sp³-hybridized carbons (Fsp3) is 0.821. The topological polar surface area (TPSA) is 35.5 Å². The van der Waals surface area contributed by atoms with E-state index in [9.17, 15) is 4.79 Å². The van der Waals surface area contributed by atoms with Gasteiger partial charge in [0.2, 0.25) is 0 Å². The van der Waals surface area contributed by atoms with E-state index < -0.39 is 16.6 Å². The summed E-state index contributed by atoms with van der Waals surface area (Å²) in [6.07, 6.45) is 12.3. The number of hydrogen-bond acceptors (Lipinski definition) is 3. The molecule has 192 valence electrons. The third-order valence-electron chi connectivity index (χ3n) is 8.28. The second-order valence-electron chi connectivity index (χ2n) is 13.1. The van der Waals surface area contributed by atoms with Crippen LogP contribution < -0.4 is 0 Å². The highest BCUT2D eigenvalue weighted by molar-refractivity contribution is 6.74. The Balaban J connectivity index is 3.11. The van der Waals surface area contributed by atoms with Crippen molar-refractivity contribution in [2.24, 2.45) is 11.8 Å². The van der Waals surface area contributed by atoms with Gasteiger partial charge in [0.15, 0.2) is 16.6 Å². The molecule has 0 aromatic carbocycles. The van der Waals surface area contributed by atoms with Gasteiger partial charge in [0.1, 0.15) is 5.78 Å². The Kier molecular flexibility index (Phi) is 11.1. The molecule has 0 aromatic rings. The van der Waals surface area contributed by atoms with Crippen LogP contribution >= 0.6 is 0 Å². The van der Waals surface area contributed by atoms with Crippen LogP contribution in [0, 0.1) is 11.8 Å². The van der Waals surface area contributed by atoms with Crippen molar-refractivity contribution in [3.05, 3.63) is 24.8 Å². The van der Waals surface area contributed by atoms with Gasteiger partial charge in [-0.25, -0.2) is 0 Å². The van der Waals surface area contributed by atoms with E-state index in [4.69, 9.17) is 8.85 Å². The van der Waals surface area contributed by atoms with Crippen LogP contribution in [0.15, 0.2) is 24.8 Å². The SMILES string of the molecule is C=CC[C@@H]1[C@H](C=C[C@H](CCCCC)O[Si](C)(C)C(C)(C)C)C(=O)C[C@H]1O[Si](C)(C)C(C)(C)C. The summed E-state index contributed by atoms with van der Waals surface area (Å²) in [5.41, 5.74) is 0. The highest BCUT2D eigenvalue weighted by Crippen LogP contribution is 2.43. The molecule has 0 saturated heterocycles. The quantitative estimate of drug-likeness (QED) is 0.155. The van der Waals surface area contributed by atoms with Crippen LogP contribution in [0.4, 0.5) is 0 Å². The number of hydrogen-bond donors (Lipinski definition) is 0. The first-order chi connectivity index (χ1) is 15.0. The van der Waals surface area contributed by atoms with Crippen molar-refractivity contribution in [2.75, 3.05) is 0 Å². The number of allylic oxidation sites excluding steroid dienone is 2. The average Bonchev–Trinajstić information content (AvgIpc) is 2.92. The van der Waals surface area contributed by atoms with Gasteiger partial charge < -0.3 is 8.85 Å². The summed E-state index contributed by atoms with van der Waals surface area (Å²) in [6.45, 7) is 29.1. The number of rotatable bonds is 12. The van der Waals surface area contributed by atoms with Crippen LogP contribution in [0.5, 0.6) is 0 Å². The molecule has 0 radical (unpaired) electrons. The molecule has 0 unspecified atom stereocenters. The van der Waals surface area contributed by atoms with Crippen LogP contribution in [-0.4, -0.2) is 34.6 Å². The lowest BCUT2D eigenvalue weighted by atomic mass is 9.90. The van der Waals surface area contributed by atoms with E-state index in [1.807, 2.05) is 6.08 Å². The highest BCUT2D eigenvalue weighted by Gasteiger charge is 2.47. The normalized spacial score (nSPS) is 24.0. The molecular weight excluding hydrogens is 440 g/mol. The lowest BCUT2D eigenvalue weighted by Gasteiger charge is -2.40. The fourth-order valence-electron chi connectivity index (χ4n) is 3.97. The van der Waals surface area contributed by atoms with E-state index in [0.29, 0.717) is 12.2 Å². The van der Waals surface area contributed by atoms with Crippen molar-refractivity contribution in [3.63, 3.8) is 0 Å². The zero-order chi connectivity index (χ0) is 25.7. The zero-order valence-corrected chi connectivity index (χ0v) is 25.7. The summed E-state index contributed by atoms with van der Waals surface area (Å²) in [4.78, 5) is 13.1. The van der Waals surface area contributed by atoms with Gasteiger partial charge in [0.05, 0.1) is 12.2 Å². The first-order valence-electron chi connectivity index (χ1n) is 13.1. The lowest BCUT2D eigenvalue weighted by molar-refractivity contribution is -0.120. The summed E-state index contributed by atoms with van der Waals surface area (Å²) in [5.74, 6) is 0.375. The molecule has 1 fully saturated rings. The van der Waals surface area contributed by atoms with Crippen LogP contribution in [0.25, 0.3) is 0 Å². The Morgan fingerprint density at radius 2 is 1.61 bits per heavy atom. The molecule has 0 aliphatic heterocycles. The lowest BCUT2D eigenvalue weighted by Crippen LogP contribution is -2.45. The van der Waals surface area contributed by atoms with Gasteiger partial charge >= 0.3 is 0 Å². The Hall–Kier alpha value is -0.496. The summed E-state index contributed by atoms with van der Waals surface area (Å²) < 4.78 is 13.5. The molecule has 4 atom stereocenters. The van der Waals surface area contributed by atoms with Crippen molar-refractivity contribution < 1.29 is 13.6 Å². The summed E-state index contributed by atoms with van der Waals surface area (Å²) in [7, 11) is -3.84. The average molecular weight is 495 g/mol. The molecule has 1 saturated carbocycles. The van der Waals surface area contributed by atoms with Crippen LogP contribution in [-0.2, 0) is 13.6 Å². The molecule has 0 aromatic heterocycles. The first kappa shape index (κ1) is 30.5. The molecule has 1 rings (SSSR count). The maximum atomic E-state index is 13.1. The standard InChI is InChI=1S/C28H54O3Si2/c1-13-15-16-18-22(30-32(9,10)27(3,4)5)19-20-23-24(17-14-2)26(21-25(23)29)31-33(11,12)28(6,7)8/h14,19-20,22-24,26H,2,13,15-18,21H2,1,3-12H3/t22-,23-,24+,26+/m0/s1. The third kappa shape index (κ3) is 8.59. The van der Waals surface area contributed by atoms with Gasteiger partial charge in [-0.05, 0) is 49.1 Å². The number of ketones is 1. The largest absolute Gasteiger partial charge is 0.413 e. The van der Waals surface area contributed by atoms with Crippen molar-refractivity contribution in [3.8, 4) is 0 Å². The maximum absolute atomic E-state index is 13.1. The van der Waals surface area contributed by atoms with E-state index >= 15 is 0 Å². The molecule has 0 amide bonds. The van der Waals surface area contributed by atoms with E-state index in [1.165, 1.54) is 12.8 Å². The van der Waals surface area contributed by atoms with Crippen LogP contribution in [0.3, 0.4) is 0 Å². The van der Waals surface area contributed by atoms with E-state index in [2.05, 4.69) is 93.4 Å². The number of unbranched alkanes of at least 4 members (excludes halogenated alkanes) is 2. The molecule has 0 N–H and O–H groups in total. The van der Waals surface area contributed by atoms with Crippen molar-refractivity contribution in [1.82, 2.24) is 0 Å². The zero-order valence-electron chi connectivity index (χ0n) is 23.7. The van der Waals surface area contributed by atoms with Crippen LogP contribution in [0.2, 0.25) is 36.3 Å². The molecule has 3 nitrogen and oxygen atoms in total. The van der Waals surface area contributed by atoms with Crippen molar-refractivity contribution >= 4 is 22.4 Å². The minimum Gasteiger partial charge on any atom is -0.413 e. The second-order valence-corrected chi connectivity index (χ2v) is 22.6. The third-order valence-corrected chi connectivity index (χ3v) is 17.3. The monoisotopic (exact) mass is 494 g/mol. The molecule has 0 spiro atoms. The molecule has 0 heterocycles. The van der Waals surface area contributed by atoms with Crippen molar-refractivity contribution in [1.29, 1.82) is 0 Å². The minimum absolute atomic E-state index is 0.00843. The molecule has 33 heavy (non-hydrogen) atoms. The molecule has 1 aliphatic rings. The summed E-state index contributed by atoms with van der Waals surface area (Å²) in [5, 5.41) is 0.296. The predicted octanol–water partition coefficient (Wildman–Crippen LogP) is 8.69. The maximum Gasteiger partial charge on any atom is 0.192 e. The van der Waals surface area contributed by atoms with Crippen molar-refractivity contribution in [2.45, 2.75) is 135 Å². The fourth-order valence-corrected chi connectivity index (χ4v) is 6.65. The minimum atomic E-state index is -1.95. The molecule has 5 heteroatoms. The second kappa shape index (κ2) is 12.0. The Morgan fingerprint density at radius 1 is 1.03 bits per heavy atom. The van der Waals surface area contributed by atoms with Gasteiger partial charge in [-0.15, -0.1) is 6.58 Å². The summed E-state index contributed by atoms with van der Waals surface area (Å²) in [6, 6.07) is 0. The van der Waals surface area contributed by atoms with Gasteiger partial charge in [0, 0.05) is 18.3 Å². The Morgan fingerprint density at radius 3 is 2.09 bits per heavy atom. The number of carbonyl (C=O) groups is 1. The van der Waals surface area contributed by atoms with E-state index in [-0.39, 0.29) is 34.1 Å². The van der Waals surface area contributed by atoms with Gasteiger partial charge in [-0.1, -0.05) is 86.0 Å². The van der Waals surface area contributed by atoms with Crippen LogP contribution in [0.1, 0.15) is 87.0 Å². The highest BCUT2D eigenvalue weighted by atomic mass is 28.4. The van der Waals surface area contributed by atoms with Gasteiger partial charge in [-0.2, -0.15) is 0 Å². The van der Waals surface area contributed by atoms with E-state index in [1.54, 1.807) is 0 Å². The van der Waals surface area contributed by atoms with Gasteiger partial charge in [-0.3, -0.25) is 4.79 Å². The smallest absolute Gasteiger partial charge is 0.192 e. The Labute approximate surface area is 208 Å². The Bertz CT molecular complexity index is 668. The number of carbonyl (C=O) groups excluding carboxylic acids is 1. The summed E-state index contributed by atoms with van der Waals surface area (Å²) >= 11 is 0. The van der Waals surface area contributed by atoms with Gasteiger partial charge in [0.25, 0.3) is 0 Å². The van der Waals surface area contributed by atoms with E-state index in [0.717, 1.165) is 19.3 Å². The molecular formula is C28H54O3Si2.